The summed E-state index contributed by atoms with van der Waals surface area (Å²) < 4.78 is 78.3. The lowest BCUT2D eigenvalue weighted by atomic mass is 10.0. The van der Waals surface area contributed by atoms with Crippen LogP contribution in [-0.4, -0.2) is 74.7 Å². The summed E-state index contributed by atoms with van der Waals surface area (Å²) in [6, 6.07) is 3.31. The minimum atomic E-state index is -2.98. The number of aromatic nitrogens is 5. The van der Waals surface area contributed by atoms with Crippen molar-refractivity contribution in [3.05, 3.63) is 36.0 Å². The molecule has 0 aliphatic carbocycles. The van der Waals surface area contributed by atoms with Gasteiger partial charge in [-0.2, -0.15) is 4.98 Å². The molecule has 36 heavy (non-hydrogen) atoms. The zero-order valence-corrected chi connectivity index (χ0v) is 19.8. The molecule has 1 aromatic carbocycles. The molecule has 192 valence electrons. The number of hydrogen-bond acceptors (Lipinski definition) is 6. The summed E-state index contributed by atoms with van der Waals surface area (Å²) in [6.07, 6.45) is -0.870. The second-order valence-electron chi connectivity index (χ2n) is 8.94. The summed E-state index contributed by atoms with van der Waals surface area (Å²) in [4.78, 5) is 9.94. The number of alkyl halides is 4. The van der Waals surface area contributed by atoms with Gasteiger partial charge in [0.15, 0.2) is 5.82 Å². The monoisotopic (exact) mass is 509 g/mol. The molecule has 8 nitrogen and oxygen atoms in total. The van der Waals surface area contributed by atoms with Gasteiger partial charge in [-0.25, -0.2) is 31.5 Å². The third-order valence-electron chi connectivity index (χ3n) is 6.40. The lowest BCUT2D eigenvalue weighted by molar-refractivity contribution is -0.0675. The average Bonchev–Trinajstić information content (AvgIpc) is 3.36. The molecule has 1 N–H and O–H groups in total. The van der Waals surface area contributed by atoms with Gasteiger partial charge < -0.3 is 19.5 Å². The topological polar surface area (TPSA) is 72.5 Å². The Balaban J connectivity index is 1.57. The Hall–Kier alpha value is -3.48. The lowest BCUT2D eigenvalue weighted by Crippen LogP contribution is -2.53. The molecule has 0 saturated carbocycles. The maximum atomic E-state index is 15.0. The molecule has 4 heterocycles. The minimum Gasteiger partial charge on any atom is -0.479 e. The fourth-order valence-electron chi connectivity index (χ4n) is 4.69. The molecule has 0 bridgehead atoms. The fourth-order valence-corrected chi connectivity index (χ4v) is 4.69. The van der Waals surface area contributed by atoms with Crippen LogP contribution in [0.3, 0.4) is 0 Å². The highest BCUT2D eigenvalue weighted by Gasteiger charge is 2.44. The quantitative estimate of drug-likeness (QED) is 0.393. The third-order valence-corrected chi connectivity index (χ3v) is 6.40. The van der Waals surface area contributed by atoms with E-state index in [4.69, 9.17) is 4.74 Å². The second kappa shape index (κ2) is 8.87. The zero-order chi connectivity index (χ0) is 25.8. The van der Waals surface area contributed by atoms with E-state index in [2.05, 4.69) is 20.4 Å². The van der Waals surface area contributed by atoms with Gasteiger partial charge in [0.2, 0.25) is 11.8 Å². The minimum absolute atomic E-state index is 0.00540. The first-order chi connectivity index (χ1) is 17.1. The van der Waals surface area contributed by atoms with Gasteiger partial charge in [-0.3, -0.25) is 0 Å². The van der Waals surface area contributed by atoms with E-state index >= 15 is 0 Å². The number of benzene rings is 1. The first-order valence-electron chi connectivity index (χ1n) is 11.3. The van der Waals surface area contributed by atoms with Crippen molar-refractivity contribution >= 4 is 22.5 Å². The van der Waals surface area contributed by atoms with E-state index in [1.165, 1.54) is 29.2 Å². The number of rotatable bonds is 6. The fraction of sp³-hybridized carbons (Fsp3) is 0.435. The van der Waals surface area contributed by atoms with E-state index in [-0.39, 0.29) is 41.7 Å². The zero-order valence-electron chi connectivity index (χ0n) is 19.8. The molecule has 1 atom stereocenters. The van der Waals surface area contributed by atoms with Gasteiger partial charge in [0.25, 0.3) is 12.3 Å². The van der Waals surface area contributed by atoms with Crippen molar-refractivity contribution in [3.8, 4) is 17.0 Å². The van der Waals surface area contributed by atoms with Crippen LogP contribution in [0.25, 0.3) is 27.7 Å². The standard InChI is InChI=1S/C23H24F5N7O/c1-12-29-19-15(24)8-13(9-16(19)34(12)10-18(25)26)14-4-7-35-20(14)21(36-3)31-22(32-35)30-17-5-6-33(2)11-23(17,27)28/h4,7-9,17-18H,5-6,10-11H2,1-3H3,(H,30,32)/t17-/m0/s1. The summed E-state index contributed by atoms with van der Waals surface area (Å²) in [5.74, 6) is -3.33. The van der Waals surface area contributed by atoms with Gasteiger partial charge in [-0.1, -0.05) is 0 Å². The number of nitrogens with zero attached hydrogens (tertiary/aromatic N) is 6. The van der Waals surface area contributed by atoms with Crippen molar-refractivity contribution < 1.29 is 26.7 Å². The van der Waals surface area contributed by atoms with E-state index < -0.39 is 30.8 Å². The molecule has 0 amide bonds. The number of aryl methyl sites for hydroxylation is 1. The van der Waals surface area contributed by atoms with Crippen LogP contribution in [0, 0.1) is 12.7 Å². The maximum absolute atomic E-state index is 15.0. The van der Waals surface area contributed by atoms with Crippen molar-refractivity contribution in [1.82, 2.24) is 29.0 Å². The number of ether oxygens (including phenoxy) is 1. The summed E-state index contributed by atoms with van der Waals surface area (Å²) in [6.45, 7) is 1.03. The van der Waals surface area contributed by atoms with Crippen LogP contribution in [0.15, 0.2) is 24.4 Å². The molecule has 4 aromatic rings. The van der Waals surface area contributed by atoms with E-state index in [1.54, 1.807) is 30.3 Å². The van der Waals surface area contributed by atoms with Crippen molar-refractivity contribution in [2.75, 3.05) is 32.6 Å². The molecule has 5 rings (SSSR count). The Morgan fingerprint density at radius 1 is 1.25 bits per heavy atom. The lowest BCUT2D eigenvalue weighted by Gasteiger charge is -2.36. The van der Waals surface area contributed by atoms with Gasteiger partial charge in [-0.05, 0) is 44.2 Å². The first-order valence-corrected chi connectivity index (χ1v) is 11.3. The van der Waals surface area contributed by atoms with Gasteiger partial charge in [-0.15, -0.1) is 5.10 Å². The molecular weight excluding hydrogens is 485 g/mol. The summed E-state index contributed by atoms with van der Waals surface area (Å²) in [7, 11) is 3.01. The molecule has 0 unspecified atom stereocenters. The number of imidazole rings is 1. The third kappa shape index (κ3) is 4.21. The highest BCUT2D eigenvalue weighted by molar-refractivity contribution is 5.90. The van der Waals surface area contributed by atoms with Crippen LogP contribution in [0.2, 0.25) is 0 Å². The molecular formula is C23H24F5N7O. The van der Waals surface area contributed by atoms with Crippen molar-refractivity contribution in [2.24, 2.45) is 0 Å². The normalized spacial score (nSPS) is 18.4. The molecule has 0 spiro atoms. The van der Waals surface area contributed by atoms with E-state index in [0.29, 0.717) is 23.2 Å². The molecule has 1 saturated heterocycles. The highest BCUT2D eigenvalue weighted by atomic mass is 19.3. The van der Waals surface area contributed by atoms with Gasteiger partial charge >= 0.3 is 0 Å². The Morgan fingerprint density at radius 3 is 2.72 bits per heavy atom. The van der Waals surface area contributed by atoms with Crippen molar-refractivity contribution in [1.29, 1.82) is 0 Å². The Labute approximate surface area is 202 Å². The van der Waals surface area contributed by atoms with E-state index in [0.717, 1.165) is 0 Å². The number of piperidine rings is 1. The average molecular weight is 509 g/mol. The molecule has 13 heteroatoms. The summed E-state index contributed by atoms with van der Waals surface area (Å²) in [5.41, 5.74) is 1.45. The summed E-state index contributed by atoms with van der Waals surface area (Å²) in [5, 5.41) is 7.04. The number of fused-ring (bicyclic) bond motifs is 2. The number of nitrogens with one attached hydrogen (secondary N) is 1. The Kier molecular flexibility index (Phi) is 5.97. The number of anilines is 1. The predicted octanol–water partition coefficient (Wildman–Crippen LogP) is 4.22. The molecule has 1 aliphatic heterocycles. The highest BCUT2D eigenvalue weighted by Crippen LogP contribution is 2.35. The smallest absolute Gasteiger partial charge is 0.280 e. The SMILES string of the molecule is COc1nc(N[C@H]2CCN(C)CC2(F)F)nn2ccc(-c3cc(F)c4nc(C)n(CC(F)F)c4c3)c12. The maximum Gasteiger partial charge on any atom is 0.280 e. The van der Waals surface area contributed by atoms with E-state index in [1.807, 2.05) is 0 Å². The number of hydrogen-bond donors (Lipinski definition) is 1. The van der Waals surface area contributed by atoms with Crippen molar-refractivity contribution in [3.63, 3.8) is 0 Å². The van der Waals surface area contributed by atoms with Gasteiger partial charge in [0.05, 0.1) is 31.8 Å². The van der Waals surface area contributed by atoms with Gasteiger partial charge in [0.1, 0.15) is 16.9 Å². The second-order valence-corrected chi connectivity index (χ2v) is 8.94. The molecule has 1 aliphatic rings. The Morgan fingerprint density at radius 2 is 2.03 bits per heavy atom. The number of halogens is 5. The molecule has 0 radical (unpaired) electrons. The molecule has 3 aromatic heterocycles. The van der Waals surface area contributed by atoms with Crippen molar-refractivity contribution in [2.45, 2.75) is 38.3 Å². The van der Waals surface area contributed by atoms with Gasteiger partial charge in [0, 0.05) is 18.3 Å². The van der Waals surface area contributed by atoms with Crippen LogP contribution < -0.4 is 10.1 Å². The predicted molar refractivity (Wildman–Crippen MR) is 123 cm³/mol. The number of methoxy groups -OCH3 is 1. The van der Waals surface area contributed by atoms with Crippen LogP contribution in [0.1, 0.15) is 12.2 Å². The largest absolute Gasteiger partial charge is 0.479 e. The van der Waals surface area contributed by atoms with Crippen LogP contribution in [0.4, 0.5) is 27.9 Å². The Bertz CT molecular complexity index is 1430. The van der Waals surface area contributed by atoms with E-state index in [9.17, 15) is 22.0 Å². The first kappa shape index (κ1) is 24.2. The molecule has 1 fully saturated rings. The van der Waals surface area contributed by atoms with Crippen LogP contribution in [0.5, 0.6) is 5.88 Å². The number of likely N-dealkylation sites (tertiary alicyclic amines) is 1. The summed E-state index contributed by atoms with van der Waals surface area (Å²) >= 11 is 0. The van der Waals surface area contributed by atoms with Crippen LogP contribution >= 0.6 is 0 Å². The van der Waals surface area contributed by atoms with Crippen LogP contribution in [-0.2, 0) is 6.54 Å².